The summed E-state index contributed by atoms with van der Waals surface area (Å²) in [5, 5.41) is 3.48. The molecule has 3 nitrogen and oxygen atoms in total. The number of nitrogens with one attached hydrogen (secondary N) is 1. The molecule has 2 rings (SSSR count). The molecule has 1 heterocycles. The van der Waals surface area contributed by atoms with Crippen LogP contribution < -0.4 is 5.32 Å². The van der Waals surface area contributed by atoms with Crippen molar-refractivity contribution in [2.45, 2.75) is 85.2 Å². The minimum absolute atomic E-state index is 0.493. The molecule has 0 bridgehead atoms. The number of nitrogens with zero attached hydrogens (tertiary/aromatic N) is 2. The Bertz CT molecular complexity index is 445. The molecule has 1 aromatic rings. The Labute approximate surface area is 130 Å². The number of aromatic nitrogens is 2. The van der Waals surface area contributed by atoms with Crippen molar-refractivity contribution in [3.63, 3.8) is 0 Å². The zero-order valence-electron chi connectivity index (χ0n) is 14.4. The van der Waals surface area contributed by atoms with Crippen molar-refractivity contribution in [2.75, 3.05) is 0 Å². The molecule has 0 spiro atoms. The Kier molecular flexibility index (Phi) is 5.74. The molecule has 1 saturated carbocycles. The van der Waals surface area contributed by atoms with Gasteiger partial charge in [0.05, 0.1) is 0 Å². The summed E-state index contributed by atoms with van der Waals surface area (Å²) in [6.45, 7) is 11.8. The molecular weight excluding hydrogens is 258 g/mol. The second-order valence-corrected chi connectivity index (χ2v) is 6.90. The van der Waals surface area contributed by atoms with E-state index in [0.717, 1.165) is 29.7 Å². The van der Waals surface area contributed by atoms with Crippen LogP contribution in [0.15, 0.2) is 0 Å². The van der Waals surface area contributed by atoms with Gasteiger partial charge >= 0.3 is 0 Å². The van der Waals surface area contributed by atoms with Gasteiger partial charge in [-0.1, -0.05) is 40.0 Å². The molecule has 2 atom stereocenters. The minimum Gasteiger partial charge on any atom is -0.310 e. The normalized spacial score (nSPS) is 22.8. The molecule has 0 aromatic carbocycles. The molecule has 1 aromatic heterocycles. The van der Waals surface area contributed by atoms with Gasteiger partial charge in [0.2, 0.25) is 0 Å². The van der Waals surface area contributed by atoms with Crippen LogP contribution in [0.25, 0.3) is 0 Å². The Morgan fingerprint density at radius 2 is 1.81 bits per heavy atom. The Morgan fingerprint density at radius 3 is 2.38 bits per heavy atom. The summed E-state index contributed by atoms with van der Waals surface area (Å²) in [6, 6.07) is 0.493. The van der Waals surface area contributed by atoms with E-state index in [-0.39, 0.29) is 0 Å². The smallest absolute Gasteiger partial charge is 0.131 e. The van der Waals surface area contributed by atoms with Crippen LogP contribution >= 0.6 is 0 Å². The van der Waals surface area contributed by atoms with E-state index in [1.807, 2.05) is 0 Å². The molecule has 21 heavy (non-hydrogen) atoms. The average Bonchev–Trinajstić information content (AvgIpc) is 2.46. The first-order chi connectivity index (χ1) is 10.0. The number of hydrogen-bond donors (Lipinski definition) is 1. The van der Waals surface area contributed by atoms with Gasteiger partial charge in [-0.2, -0.15) is 0 Å². The van der Waals surface area contributed by atoms with Crippen LogP contribution in [0.3, 0.4) is 0 Å². The SMILES string of the molecule is CCC1CCCC(c2nc(C)c(CNC(C)C)c(C)n2)C1. The highest BCUT2D eigenvalue weighted by Crippen LogP contribution is 2.36. The predicted octanol–water partition coefficient (Wildman–Crippen LogP) is 4.28. The molecule has 1 fully saturated rings. The van der Waals surface area contributed by atoms with Gasteiger partial charge in [0.25, 0.3) is 0 Å². The monoisotopic (exact) mass is 289 g/mol. The van der Waals surface area contributed by atoms with Crippen molar-refractivity contribution in [3.05, 3.63) is 22.8 Å². The topological polar surface area (TPSA) is 37.8 Å². The van der Waals surface area contributed by atoms with E-state index in [2.05, 4.69) is 39.9 Å². The lowest BCUT2D eigenvalue weighted by atomic mass is 9.80. The van der Waals surface area contributed by atoms with E-state index in [4.69, 9.17) is 9.97 Å². The van der Waals surface area contributed by atoms with Gasteiger partial charge in [0.15, 0.2) is 0 Å². The molecule has 0 radical (unpaired) electrons. The van der Waals surface area contributed by atoms with Gasteiger partial charge in [-0.3, -0.25) is 0 Å². The van der Waals surface area contributed by atoms with E-state index in [1.165, 1.54) is 37.7 Å². The van der Waals surface area contributed by atoms with Crippen molar-refractivity contribution in [1.82, 2.24) is 15.3 Å². The highest BCUT2D eigenvalue weighted by atomic mass is 14.9. The highest BCUT2D eigenvalue weighted by Gasteiger charge is 2.25. The maximum Gasteiger partial charge on any atom is 0.131 e. The first-order valence-electron chi connectivity index (χ1n) is 8.58. The number of aryl methyl sites for hydroxylation is 2. The van der Waals surface area contributed by atoms with Crippen LogP contribution in [0.2, 0.25) is 0 Å². The molecule has 1 aliphatic rings. The van der Waals surface area contributed by atoms with E-state index < -0.39 is 0 Å². The van der Waals surface area contributed by atoms with Gasteiger partial charge in [0.1, 0.15) is 5.82 Å². The fourth-order valence-electron chi connectivity index (χ4n) is 3.41. The molecule has 1 aliphatic carbocycles. The zero-order valence-corrected chi connectivity index (χ0v) is 14.4. The fourth-order valence-corrected chi connectivity index (χ4v) is 3.41. The third-order valence-corrected chi connectivity index (χ3v) is 4.85. The van der Waals surface area contributed by atoms with Gasteiger partial charge in [-0.05, 0) is 32.6 Å². The molecule has 2 unspecified atom stereocenters. The summed E-state index contributed by atoms with van der Waals surface area (Å²) in [4.78, 5) is 9.71. The van der Waals surface area contributed by atoms with E-state index in [9.17, 15) is 0 Å². The van der Waals surface area contributed by atoms with Gasteiger partial charge in [-0.15, -0.1) is 0 Å². The molecule has 3 heteroatoms. The maximum absolute atomic E-state index is 4.85. The van der Waals surface area contributed by atoms with E-state index in [1.54, 1.807) is 0 Å². The Balaban J connectivity index is 2.15. The Hall–Kier alpha value is -0.960. The van der Waals surface area contributed by atoms with Crippen molar-refractivity contribution in [1.29, 1.82) is 0 Å². The first-order valence-corrected chi connectivity index (χ1v) is 8.58. The summed E-state index contributed by atoms with van der Waals surface area (Å²) < 4.78 is 0. The minimum atomic E-state index is 0.493. The van der Waals surface area contributed by atoms with E-state index in [0.29, 0.717) is 12.0 Å². The lowest BCUT2D eigenvalue weighted by molar-refractivity contribution is 0.306. The average molecular weight is 289 g/mol. The largest absolute Gasteiger partial charge is 0.310 e. The standard InChI is InChI=1S/C18H31N3/c1-6-15-8-7-9-16(10-15)18-20-13(4)17(14(5)21-18)11-19-12(2)3/h12,15-16,19H,6-11H2,1-5H3. The lowest BCUT2D eigenvalue weighted by Gasteiger charge is -2.28. The van der Waals surface area contributed by atoms with Crippen LogP contribution in [0.5, 0.6) is 0 Å². The highest BCUT2D eigenvalue weighted by molar-refractivity contribution is 5.25. The second kappa shape index (κ2) is 7.35. The van der Waals surface area contributed by atoms with Gasteiger partial charge in [-0.25, -0.2) is 9.97 Å². The molecule has 1 N–H and O–H groups in total. The third-order valence-electron chi connectivity index (χ3n) is 4.85. The Morgan fingerprint density at radius 1 is 1.14 bits per heavy atom. The maximum atomic E-state index is 4.85. The number of rotatable bonds is 5. The molecular formula is C18H31N3. The summed E-state index contributed by atoms with van der Waals surface area (Å²) >= 11 is 0. The van der Waals surface area contributed by atoms with Crippen molar-refractivity contribution in [3.8, 4) is 0 Å². The zero-order chi connectivity index (χ0) is 15.4. The van der Waals surface area contributed by atoms with Gasteiger partial charge in [0, 0.05) is 35.5 Å². The quantitative estimate of drug-likeness (QED) is 0.879. The van der Waals surface area contributed by atoms with E-state index >= 15 is 0 Å². The van der Waals surface area contributed by atoms with Crippen molar-refractivity contribution in [2.24, 2.45) is 5.92 Å². The first kappa shape index (κ1) is 16.4. The summed E-state index contributed by atoms with van der Waals surface area (Å²) in [6.07, 6.45) is 6.56. The van der Waals surface area contributed by atoms with Gasteiger partial charge < -0.3 is 5.32 Å². The van der Waals surface area contributed by atoms with Crippen LogP contribution in [-0.4, -0.2) is 16.0 Å². The van der Waals surface area contributed by atoms with Crippen molar-refractivity contribution < 1.29 is 0 Å². The summed E-state index contributed by atoms with van der Waals surface area (Å²) in [5.41, 5.74) is 3.59. The van der Waals surface area contributed by atoms with Crippen LogP contribution in [0.4, 0.5) is 0 Å². The molecule has 0 aliphatic heterocycles. The second-order valence-electron chi connectivity index (χ2n) is 6.90. The molecule has 118 valence electrons. The predicted molar refractivity (Wildman–Crippen MR) is 88.5 cm³/mol. The number of hydrogen-bond acceptors (Lipinski definition) is 3. The van der Waals surface area contributed by atoms with Crippen molar-refractivity contribution >= 4 is 0 Å². The summed E-state index contributed by atoms with van der Waals surface area (Å²) in [5.74, 6) is 2.54. The van der Waals surface area contributed by atoms with Crippen LogP contribution in [0, 0.1) is 19.8 Å². The van der Waals surface area contributed by atoms with Crippen LogP contribution in [-0.2, 0) is 6.54 Å². The lowest BCUT2D eigenvalue weighted by Crippen LogP contribution is -2.24. The van der Waals surface area contributed by atoms with Crippen LogP contribution in [0.1, 0.15) is 81.6 Å². The molecule has 0 amide bonds. The third kappa shape index (κ3) is 4.26. The summed E-state index contributed by atoms with van der Waals surface area (Å²) in [7, 11) is 0. The molecule has 0 saturated heterocycles. The fraction of sp³-hybridized carbons (Fsp3) is 0.778.